The van der Waals surface area contributed by atoms with Gasteiger partial charge in [0.05, 0.1) is 5.69 Å². The van der Waals surface area contributed by atoms with E-state index in [0.29, 0.717) is 6.42 Å². The predicted octanol–water partition coefficient (Wildman–Crippen LogP) is 2.15. The van der Waals surface area contributed by atoms with Gasteiger partial charge in [-0.3, -0.25) is 15.1 Å². The van der Waals surface area contributed by atoms with Crippen molar-refractivity contribution in [3.63, 3.8) is 0 Å². The van der Waals surface area contributed by atoms with E-state index in [1.54, 1.807) is 0 Å². The molecule has 1 atom stereocenters. The largest absolute Gasteiger partial charge is 0.297 e. The molecule has 0 aliphatic heterocycles. The van der Waals surface area contributed by atoms with E-state index in [1.807, 2.05) is 30.3 Å². The van der Waals surface area contributed by atoms with E-state index >= 15 is 0 Å². The molecule has 1 aliphatic rings. The van der Waals surface area contributed by atoms with Crippen LogP contribution in [0.5, 0.6) is 0 Å². The standard InChI is InChI=1S/C11H13NO2/c13-10-7-4-8-11(10)14-12-9-5-2-1-3-6-9/h1-3,5-6,11-12H,4,7-8H2/t11-/m1/s1. The summed E-state index contributed by atoms with van der Waals surface area (Å²) in [4.78, 5) is 16.5. The molecule has 0 amide bonds. The molecule has 1 saturated carbocycles. The van der Waals surface area contributed by atoms with Crippen molar-refractivity contribution in [1.29, 1.82) is 0 Å². The Kier molecular flexibility index (Phi) is 2.79. The first kappa shape index (κ1) is 9.21. The Balaban J connectivity index is 1.85. The molecule has 2 rings (SSSR count). The van der Waals surface area contributed by atoms with Crippen molar-refractivity contribution in [3.8, 4) is 0 Å². The second-order valence-electron chi connectivity index (χ2n) is 3.43. The number of benzene rings is 1. The summed E-state index contributed by atoms with van der Waals surface area (Å²) in [7, 11) is 0. The van der Waals surface area contributed by atoms with Crippen LogP contribution in [0.3, 0.4) is 0 Å². The second kappa shape index (κ2) is 4.24. The molecule has 1 aliphatic carbocycles. The molecular formula is C11H13NO2. The van der Waals surface area contributed by atoms with Crippen LogP contribution in [0, 0.1) is 0 Å². The highest BCUT2D eigenvalue weighted by Gasteiger charge is 2.25. The van der Waals surface area contributed by atoms with Gasteiger partial charge in [-0.15, -0.1) is 0 Å². The third kappa shape index (κ3) is 2.12. The average Bonchev–Trinajstić information content (AvgIpc) is 2.63. The Bertz CT molecular complexity index is 310. The first-order valence-electron chi connectivity index (χ1n) is 4.86. The predicted molar refractivity (Wildman–Crippen MR) is 53.8 cm³/mol. The fourth-order valence-corrected chi connectivity index (χ4v) is 1.55. The lowest BCUT2D eigenvalue weighted by atomic mass is 10.3. The van der Waals surface area contributed by atoms with Gasteiger partial charge in [0, 0.05) is 6.42 Å². The maximum atomic E-state index is 11.2. The van der Waals surface area contributed by atoms with Gasteiger partial charge in [0.2, 0.25) is 0 Å². The SMILES string of the molecule is O=C1CCC[C@H]1ONc1ccccc1. The summed E-state index contributed by atoms with van der Waals surface area (Å²) in [6.07, 6.45) is 2.18. The van der Waals surface area contributed by atoms with Crippen molar-refractivity contribution in [1.82, 2.24) is 0 Å². The summed E-state index contributed by atoms with van der Waals surface area (Å²) < 4.78 is 0. The molecular weight excluding hydrogens is 178 g/mol. The summed E-state index contributed by atoms with van der Waals surface area (Å²) in [6, 6.07) is 9.58. The van der Waals surface area contributed by atoms with Crippen molar-refractivity contribution in [2.24, 2.45) is 0 Å². The highest BCUT2D eigenvalue weighted by molar-refractivity contribution is 5.85. The molecule has 3 heteroatoms. The van der Waals surface area contributed by atoms with Gasteiger partial charge in [-0.2, -0.15) is 0 Å². The van der Waals surface area contributed by atoms with Crippen LogP contribution in [0.1, 0.15) is 19.3 Å². The van der Waals surface area contributed by atoms with Crippen LogP contribution < -0.4 is 5.48 Å². The minimum absolute atomic E-state index is 0.202. The molecule has 0 heterocycles. The summed E-state index contributed by atoms with van der Waals surface area (Å²) in [5.41, 5.74) is 3.68. The van der Waals surface area contributed by atoms with Gasteiger partial charge in [-0.05, 0) is 25.0 Å². The van der Waals surface area contributed by atoms with Crippen molar-refractivity contribution in [3.05, 3.63) is 30.3 Å². The first-order chi connectivity index (χ1) is 6.86. The Morgan fingerprint density at radius 3 is 2.71 bits per heavy atom. The molecule has 0 aromatic heterocycles. The lowest BCUT2D eigenvalue weighted by molar-refractivity contribution is -0.125. The maximum Gasteiger partial charge on any atom is 0.164 e. The number of hydrogen-bond acceptors (Lipinski definition) is 3. The zero-order valence-corrected chi connectivity index (χ0v) is 7.90. The highest BCUT2D eigenvalue weighted by Crippen LogP contribution is 2.18. The van der Waals surface area contributed by atoms with Crippen molar-refractivity contribution in [2.75, 3.05) is 5.48 Å². The van der Waals surface area contributed by atoms with E-state index in [4.69, 9.17) is 4.84 Å². The molecule has 0 radical (unpaired) electrons. The van der Waals surface area contributed by atoms with Crippen LogP contribution in [0.2, 0.25) is 0 Å². The molecule has 0 unspecified atom stereocenters. The number of Topliss-reactive ketones (excluding diaryl/α,β-unsaturated/α-hetero) is 1. The number of ketones is 1. The van der Waals surface area contributed by atoms with Gasteiger partial charge in [0.25, 0.3) is 0 Å². The monoisotopic (exact) mass is 191 g/mol. The summed E-state index contributed by atoms with van der Waals surface area (Å²) in [6.45, 7) is 0. The third-order valence-electron chi connectivity index (χ3n) is 2.34. The third-order valence-corrected chi connectivity index (χ3v) is 2.34. The van der Waals surface area contributed by atoms with E-state index in [0.717, 1.165) is 18.5 Å². The number of rotatable bonds is 3. The summed E-state index contributed by atoms with van der Waals surface area (Å²) in [5, 5.41) is 0. The number of carbonyl (C=O) groups is 1. The highest BCUT2D eigenvalue weighted by atomic mass is 16.7. The van der Waals surface area contributed by atoms with E-state index in [-0.39, 0.29) is 11.9 Å². The van der Waals surface area contributed by atoms with Crippen LogP contribution in [0.25, 0.3) is 0 Å². The lowest BCUT2D eigenvalue weighted by Gasteiger charge is -2.11. The van der Waals surface area contributed by atoms with E-state index in [9.17, 15) is 4.79 Å². The first-order valence-corrected chi connectivity index (χ1v) is 4.86. The van der Waals surface area contributed by atoms with Gasteiger partial charge in [0.15, 0.2) is 5.78 Å². The van der Waals surface area contributed by atoms with Crippen molar-refractivity contribution < 1.29 is 9.63 Å². The Labute approximate surface area is 83.0 Å². The molecule has 1 aromatic rings. The van der Waals surface area contributed by atoms with Gasteiger partial charge in [-0.1, -0.05) is 18.2 Å². The van der Waals surface area contributed by atoms with Gasteiger partial charge in [-0.25, -0.2) is 0 Å². The zero-order valence-electron chi connectivity index (χ0n) is 7.90. The topological polar surface area (TPSA) is 38.3 Å². The van der Waals surface area contributed by atoms with Crippen LogP contribution in [0.15, 0.2) is 30.3 Å². The van der Waals surface area contributed by atoms with Crippen LogP contribution >= 0.6 is 0 Å². The smallest absolute Gasteiger partial charge is 0.164 e. The fourth-order valence-electron chi connectivity index (χ4n) is 1.55. The Morgan fingerprint density at radius 1 is 1.29 bits per heavy atom. The fraction of sp³-hybridized carbons (Fsp3) is 0.364. The van der Waals surface area contributed by atoms with Gasteiger partial charge in [0.1, 0.15) is 6.10 Å². The molecule has 1 N–H and O–H groups in total. The molecule has 1 fully saturated rings. The second-order valence-corrected chi connectivity index (χ2v) is 3.43. The number of para-hydroxylation sites is 1. The quantitative estimate of drug-likeness (QED) is 0.744. The summed E-state index contributed by atoms with van der Waals surface area (Å²) >= 11 is 0. The van der Waals surface area contributed by atoms with Gasteiger partial charge < -0.3 is 0 Å². The number of nitrogens with one attached hydrogen (secondary N) is 1. The lowest BCUT2D eigenvalue weighted by Crippen LogP contribution is -2.20. The zero-order chi connectivity index (χ0) is 9.80. The van der Waals surface area contributed by atoms with Crippen LogP contribution in [-0.4, -0.2) is 11.9 Å². The maximum absolute atomic E-state index is 11.2. The normalized spacial score (nSPS) is 21.1. The Morgan fingerprint density at radius 2 is 2.07 bits per heavy atom. The number of hydrogen-bond donors (Lipinski definition) is 1. The minimum Gasteiger partial charge on any atom is -0.297 e. The molecule has 74 valence electrons. The average molecular weight is 191 g/mol. The molecule has 0 bridgehead atoms. The molecule has 3 nitrogen and oxygen atoms in total. The van der Waals surface area contributed by atoms with E-state index in [2.05, 4.69) is 5.48 Å². The van der Waals surface area contributed by atoms with E-state index < -0.39 is 0 Å². The molecule has 0 spiro atoms. The van der Waals surface area contributed by atoms with Crippen LogP contribution in [-0.2, 0) is 9.63 Å². The molecule has 0 saturated heterocycles. The summed E-state index contributed by atoms with van der Waals surface area (Å²) in [5.74, 6) is 0.202. The Hall–Kier alpha value is -1.35. The van der Waals surface area contributed by atoms with Gasteiger partial charge >= 0.3 is 0 Å². The van der Waals surface area contributed by atoms with Crippen molar-refractivity contribution in [2.45, 2.75) is 25.4 Å². The van der Waals surface area contributed by atoms with E-state index in [1.165, 1.54) is 0 Å². The van der Waals surface area contributed by atoms with Crippen LogP contribution in [0.4, 0.5) is 5.69 Å². The number of anilines is 1. The number of carbonyl (C=O) groups excluding carboxylic acids is 1. The minimum atomic E-state index is -0.254. The molecule has 1 aromatic carbocycles. The molecule has 14 heavy (non-hydrogen) atoms. The van der Waals surface area contributed by atoms with Crippen molar-refractivity contribution >= 4 is 11.5 Å².